The van der Waals surface area contributed by atoms with Gasteiger partial charge in [0.2, 0.25) is 0 Å². The Kier molecular flexibility index (Phi) is 3.50. The van der Waals surface area contributed by atoms with Crippen LogP contribution in [0.5, 0.6) is 0 Å². The second kappa shape index (κ2) is 4.24. The topological polar surface area (TPSA) is 46.2 Å². The van der Waals surface area contributed by atoms with E-state index in [-0.39, 0.29) is 6.04 Å². The molecule has 13 heavy (non-hydrogen) atoms. The predicted octanol–water partition coefficient (Wildman–Crippen LogP) is 0.729. The summed E-state index contributed by atoms with van der Waals surface area (Å²) in [7, 11) is -2.77. The zero-order valence-electron chi connectivity index (χ0n) is 8.04. The third-order valence-electron chi connectivity index (χ3n) is 2.16. The monoisotopic (exact) mass is 203 g/mol. The first-order chi connectivity index (χ1) is 5.99. The molecule has 0 spiro atoms. The van der Waals surface area contributed by atoms with Crippen molar-refractivity contribution in [2.75, 3.05) is 18.1 Å². The lowest BCUT2D eigenvalue weighted by molar-refractivity contribution is 0.495. The number of sulfone groups is 1. The van der Waals surface area contributed by atoms with E-state index in [0.29, 0.717) is 11.5 Å². The predicted molar refractivity (Wildman–Crippen MR) is 54.5 cm³/mol. The third kappa shape index (κ3) is 3.91. The maximum Gasteiger partial charge on any atom is 0.151 e. The van der Waals surface area contributed by atoms with E-state index in [1.807, 2.05) is 6.92 Å². The van der Waals surface area contributed by atoms with E-state index in [1.54, 1.807) is 0 Å². The van der Waals surface area contributed by atoms with E-state index in [1.165, 1.54) is 0 Å². The molecule has 1 rings (SSSR count). The van der Waals surface area contributed by atoms with Crippen LogP contribution in [0.1, 0.15) is 19.8 Å². The average Bonchev–Trinajstić information content (AvgIpc) is 1.99. The molecule has 1 unspecified atom stereocenters. The van der Waals surface area contributed by atoms with Crippen LogP contribution in [-0.2, 0) is 9.84 Å². The van der Waals surface area contributed by atoms with Crippen molar-refractivity contribution in [3.63, 3.8) is 0 Å². The van der Waals surface area contributed by atoms with Gasteiger partial charge in [0.25, 0.3) is 0 Å². The maximum atomic E-state index is 11.2. The summed E-state index contributed by atoms with van der Waals surface area (Å²) < 4.78 is 22.5. The van der Waals surface area contributed by atoms with Gasteiger partial charge in [-0.1, -0.05) is 12.2 Å². The molecule has 1 aliphatic heterocycles. The number of hydrogen-bond donors (Lipinski definition) is 1. The van der Waals surface area contributed by atoms with E-state index in [2.05, 4.69) is 11.9 Å². The van der Waals surface area contributed by atoms with E-state index >= 15 is 0 Å². The highest BCUT2D eigenvalue weighted by molar-refractivity contribution is 7.91. The van der Waals surface area contributed by atoms with Gasteiger partial charge in [-0.15, -0.1) is 0 Å². The van der Waals surface area contributed by atoms with Gasteiger partial charge >= 0.3 is 0 Å². The molecule has 1 fully saturated rings. The van der Waals surface area contributed by atoms with Crippen LogP contribution in [0.3, 0.4) is 0 Å². The van der Waals surface area contributed by atoms with Crippen molar-refractivity contribution >= 4 is 9.84 Å². The largest absolute Gasteiger partial charge is 0.309 e. The van der Waals surface area contributed by atoms with Crippen LogP contribution in [0.25, 0.3) is 0 Å². The zero-order valence-corrected chi connectivity index (χ0v) is 8.86. The fourth-order valence-electron chi connectivity index (χ4n) is 1.50. The minimum absolute atomic E-state index is 0.135. The molecular weight excluding hydrogens is 186 g/mol. The van der Waals surface area contributed by atoms with Crippen molar-refractivity contribution in [2.45, 2.75) is 25.8 Å². The van der Waals surface area contributed by atoms with Crippen LogP contribution in [0.4, 0.5) is 0 Å². The maximum absolute atomic E-state index is 11.2. The minimum atomic E-state index is -2.77. The summed E-state index contributed by atoms with van der Waals surface area (Å²) in [6.07, 6.45) is 1.75. The fraction of sp³-hybridized carbons (Fsp3) is 0.778. The summed E-state index contributed by atoms with van der Waals surface area (Å²) in [5, 5.41) is 3.20. The lowest BCUT2D eigenvalue weighted by Gasteiger charge is -2.23. The summed E-state index contributed by atoms with van der Waals surface area (Å²) in [6.45, 7) is 6.42. The first-order valence-electron chi connectivity index (χ1n) is 4.58. The molecule has 0 saturated carbocycles. The molecule has 1 aliphatic rings. The Labute approximate surface area is 80.1 Å². The molecule has 1 heterocycles. The lowest BCUT2D eigenvalue weighted by Crippen LogP contribution is -2.40. The smallest absolute Gasteiger partial charge is 0.151 e. The third-order valence-corrected chi connectivity index (χ3v) is 3.98. The number of hydrogen-bond acceptors (Lipinski definition) is 3. The molecule has 1 saturated heterocycles. The van der Waals surface area contributed by atoms with E-state index in [4.69, 9.17) is 0 Å². The molecule has 1 atom stereocenters. The van der Waals surface area contributed by atoms with Crippen LogP contribution in [0.2, 0.25) is 0 Å². The van der Waals surface area contributed by atoms with Gasteiger partial charge in [0, 0.05) is 12.6 Å². The first kappa shape index (κ1) is 10.7. The second-order valence-electron chi connectivity index (χ2n) is 3.79. The van der Waals surface area contributed by atoms with E-state index in [9.17, 15) is 8.42 Å². The average molecular weight is 203 g/mol. The van der Waals surface area contributed by atoms with Gasteiger partial charge in [-0.2, -0.15) is 0 Å². The van der Waals surface area contributed by atoms with Gasteiger partial charge in [-0.3, -0.25) is 0 Å². The Bertz CT molecular complexity index is 282. The van der Waals surface area contributed by atoms with Crippen molar-refractivity contribution in [1.29, 1.82) is 0 Å². The Morgan fingerprint density at radius 3 is 2.85 bits per heavy atom. The Morgan fingerprint density at radius 2 is 2.31 bits per heavy atom. The van der Waals surface area contributed by atoms with Crippen molar-refractivity contribution in [1.82, 2.24) is 5.32 Å². The SMILES string of the molecule is C=C(C)CNC1CCCS(=O)(=O)C1. The van der Waals surface area contributed by atoms with Crippen molar-refractivity contribution < 1.29 is 8.42 Å². The highest BCUT2D eigenvalue weighted by Gasteiger charge is 2.23. The van der Waals surface area contributed by atoms with Crippen LogP contribution in [-0.4, -0.2) is 32.5 Å². The quantitative estimate of drug-likeness (QED) is 0.688. The molecule has 1 N–H and O–H groups in total. The standard InChI is InChI=1S/C9H17NO2S/c1-8(2)6-10-9-4-3-5-13(11,12)7-9/h9-10H,1,3-7H2,2H3. The molecule has 0 bridgehead atoms. The molecule has 0 aromatic rings. The first-order valence-corrected chi connectivity index (χ1v) is 6.40. The summed E-state index contributed by atoms with van der Waals surface area (Å²) in [5.41, 5.74) is 1.04. The Balaban J connectivity index is 2.39. The summed E-state index contributed by atoms with van der Waals surface area (Å²) in [4.78, 5) is 0. The van der Waals surface area contributed by atoms with Crippen molar-refractivity contribution in [3.8, 4) is 0 Å². The van der Waals surface area contributed by atoms with Crippen LogP contribution >= 0.6 is 0 Å². The van der Waals surface area contributed by atoms with Gasteiger partial charge in [0.05, 0.1) is 11.5 Å². The molecule has 0 radical (unpaired) electrons. The van der Waals surface area contributed by atoms with E-state index in [0.717, 1.165) is 25.0 Å². The molecule has 4 heteroatoms. The van der Waals surface area contributed by atoms with Gasteiger partial charge in [0.1, 0.15) is 0 Å². The molecular formula is C9H17NO2S. The molecule has 0 aromatic carbocycles. The zero-order chi connectivity index (χ0) is 9.90. The van der Waals surface area contributed by atoms with Crippen LogP contribution in [0, 0.1) is 0 Å². The fourth-order valence-corrected chi connectivity index (χ4v) is 3.17. The second-order valence-corrected chi connectivity index (χ2v) is 6.02. The van der Waals surface area contributed by atoms with Crippen molar-refractivity contribution in [3.05, 3.63) is 12.2 Å². The number of nitrogens with one attached hydrogen (secondary N) is 1. The molecule has 76 valence electrons. The Morgan fingerprint density at radius 1 is 1.62 bits per heavy atom. The van der Waals surface area contributed by atoms with Gasteiger partial charge in [0.15, 0.2) is 9.84 Å². The van der Waals surface area contributed by atoms with E-state index < -0.39 is 9.84 Å². The van der Waals surface area contributed by atoms with Gasteiger partial charge in [-0.05, 0) is 19.8 Å². The van der Waals surface area contributed by atoms with Crippen LogP contribution < -0.4 is 5.32 Å². The van der Waals surface area contributed by atoms with Gasteiger partial charge < -0.3 is 5.32 Å². The molecule has 3 nitrogen and oxygen atoms in total. The highest BCUT2D eigenvalue weighted by Crippen LogP contribution is 2.11. The van der Waals surface area contributed by atoms with Crippen molar-refractivity contribution in [2.24, 2.45) is 0 Å². The minimum Gasteiger partial charge on any atom is -0.309 e. The lowest BCUT2D eigenvalue weighted by atomic mass is 10.2. The van der Waals surface area contributed by atoms with Crippen LogP contribution in [0.15, 0.2) is 12.2 Å². The highest BCUT2D eigenvalue weighted by atomic mass is 32.2. The summed E-state index contributed by atoms with van der Waals surface area (Å²) in [6, 6.07) is 0.135. The summed E-state index contributed by atoms with van der Waals surface area (Å²) in [5.74, 6) is 0.651. The normalized spacial score (nSPS) is 27.0. The van der Waals surface area contributed by atoms with Gasteiger partial charge in [-0.25, -0.2) is 8.42 Å². The molecule has 0 aliphatic carbocycles. The molecule has 0 aromatic heterocycles. The number of rotatable bonds is 3. The summed E-state index contributed by atoms with van der Waals surface area (Å²) >= 11 is 0. The Hall–Kier alpha value is -0.350. The molecule has 0 amide bonds.